The summed E-state index contributed by atoms with van der Waals surface area (Å²) in [7, 11) is 0. The van der Waals surface area contributed by atoms with Crippen molar-refractivity contribution in [2.75, 3.05) is 19.8 Å². The average Bonchev–Trinajstić information content (AvgIpc) is 3.20. The highest BCUT2D eigenvalue weighted by Crippen LogP contribution is 2.43. The molecule has 0 aromatic heterocycles. The number of carboxylic acids is 1. The fraction of sp³-hybridized carbons (Fsp3) is 0.944. The normalized spacial score (nSPS) is 50.1. The molecule has 4 aliphatic heterocycles. The maximum atomic E-state index is 12.0. The van der Waals surface area contributed by atoms with E-state index in [9.17, 15) is 76.0 Å². The summed E-state index contributed by atoms with van der Waals surface area (Å²) in [5, 5.41) is 146. The van der Waals surface area contributed by atoms with Gasteiger partial charge in [0.2, 0.25) is 0 Å². The van der Waals surface area contributed by atoms with Gasteiger partial charge in [0.15, 0.2) is 18.9 Å². The molecule has 6 fully saturated rings. The highest BCUT2D eigenvalue weighted by atomic mass is 16.7. The Kier molecular flexibility index (Phi) is 16.1. The molecule has 6 aliphatic rings. The maximum absolute atomic E-state index is 12.0. The fourth-order valence-corrected chi connectivity index (χ4v) is 9.08. The van der Waals surface area contributed by atoms with E-state index in [1.165, 1.54) is 0 Å². The van der Waals surface area contributed by atoms with Gasteiger partial charge in [-0.1, -0.05) is 0 Å². The lowest BCUT2D eigenvalue weighted by atomic mass is 9.72. The zero-order chi connectivity index (χ0) is 43.7. The molecule has 4 saturated heterocycles. The summed E-state index contributed by atoms with van der Waals surface area (Å²) < 4.78 is 45.5. The van der Waals surface area contributed by atoms with Crippen molar-refractivity contribution in [2.24, 2.45) is 11.8 Å². The molecule has 0 aromatic rings. The number of hydrogen-bond acceptors (Lipinski definition) is 23. The summed E-state index contributed by atoms with van der Waals surface area (Å²) in [5.74, 6) is -3.67. The lowest BCUT2D eigenvalue weighted by Crippen LogP contribution is -2.65. The molecule has 24 atom stereocenters. The van der Waals surface area contributed by atoms with E-state index in [0.29, 0.717) is 6.42 Å². The Labute approximate surface area is 342 Å². The van der Waals surface area contributed by atoms with Crippen LogP contribution in [0.25, 0.3) is 0 Å². The van der Waals surface area contributed by atoms with Crippen molar-refractivity contribution in [1.82, 2.24) is 0 Å². The largest absolute Gasteiger partial charge is 0.481 e. The van der Waals surface area contributed by atoms with E-state index in [-0.39, 0.29) is 32.1 Å². The monoisotopic (exact) mass is 874 g/mol. The zero-order valence-corrected chi connectivity index (χ0v) is 32.3. The Hall–Kier alpha value is -1.86. The molecule has 0 aromatic carbocycles. The summed E-state index contributed by atoms with van der Waals surface area (Å²) in [6, 6.07) is 0. The molecule has 24 heteroatoms. The summed E-state index contributed by atoms with van der Waals surface area (Å²) in [6.07, 6.45) is -32.2. The molecule has 6 rings (SSSR count). The van der Waals surface area contributed by atoms with Gasteiger partial charge < -0.3 is 109 Å². The SMILES string of the molecule is O=C(O)CC(=O)OC[C@H]1O[C@@H](OC2CC(O)C3CC(O)C(C4CCC(O[C@@H]5O[C@H](CO)[C@@H](O)[C@H](O)[C@H]5O)C(O)C4)OC3C2)[C@H](O)[C@@H](O[C@@H]2O[C@H](CO)[C@@H](O)[C@H](O)[C@H]2O)[C@@H]1O. The van der Waals surface area contributed by atoms with Crippen LogP contribution in [0.2, 0.25) is 0 Å². The molecule has 0 bridgehead atoms. The number of ether oxygens (including phenoxy) is 8. The molecular weight excluding hydrogens is 816 g/mol. The molecule has 9 unspecified atom stereocenters. The van der Waals surface area contributed by atoms with Crippen molar-refractivity contribution < 1.29 is 119 Å². The van der Waals surface area contributed by atoms with Crippen LogP contribution in [-0.4, -0.2) is 238 Å². The average molecular weight is 875 g/mol. The van der Waals surface area contributed by atoms with Crippen molar-refractivity contribution >= 4 is 11.9 Å². The number of rotatable bonds is 13. The number of carbonyl (C=O) groups excluding carboxylic acids is 1. The fourth-order valence-electron chi connectivity index (χ4n) is 9.08. The van der Waals surface area contributed by atoms with Gasteiger partial charge in [0.25, 0.3) is 0 Å². The van der Waals surface area contributed by atoms with Gasteiger partial charge in [-0.05, 0) is 31.6 Å². The second-order valence-corrected chi connectivity index (χ2v) is 16.5. The highest BCUT2D eigenvalue weighted by Gasteiger charge is 2.54. The van der Waals surface area contributed by atoms with Gasteiger partial charge in [0.05, 0.1) is 55.9 Å². The number of aliphatic hydroxyl groups excluding tert-OH is 13. The van der Waals surface area contributed by atoms with E-state index in [2.05, 4.69) is 0 Å². The topological polar surface area (TPSA) is 391 Å². The second kappa shape index (κ2) is 20.3. The molecule has 14 N–H and O–H groups in total. The van der Waals surface area contributed by atoms with Crippen LogP contribution in [0, 0.1) is 11.8 Å². The number of hydrogen-bond donors (Lipinski definition) is 14. The summed E-state index contributed by atoms with van der Waals surface area (Å²) in [4.78, 5) is 23.0. The van der Waals surface area contributed by atoms with Crippen LogP contribution >= 0.6 is 0 Å². The van der Waals surface area contributed by atoms with Crippen molar-refractivity contribution in [3.05, 3.63) is 0 Å². The first-order valence-electron chi connectivity index (χ1n) is 20.1. The third-order valence-corrected chi connectivity index (χ3v) is 12.4. The van der Waals surface area contributed by atoms with Crippen LogP contribution < -0.4 is 0 Å². The van der Waals surface area contributed by atoms with E-state index in [4.69, 9.17) is 43.0 Å². The van der Waals surface area contributed by atoms with Crippen LogP contribution in [0.1, 0.15) is 44.9 Å². The van der Waals surface area contributed by atoms with E-state index >= 15 is 0 Å². The van der Waals surface area contributed by atoms with Gasteiger partial charge in [-0.25, -0.2) is 0 Å². The minimum absolute atomic E-state index is 0.0489. The molecule has 0 radical (unpaired) electrons. The molecule has 346 valence electrons. The minimum Gasteiger partial charge on any atom is -0.481 e. The van der Waals surface area contributed by atoms with Crippen LogP contribution in [0.4, 0.5) is 0 Å². The number of aliphatic hydroxyl groups is 13. The first-order valence-corrected chi connectivity index (χ1v) is 20.1. The summed E-state index contributed by atoms with van der Waals surface area (Å²) in [5.41, 5.74) is 0. The van der Waals surface area contributed by atoms with Gasteiger partial charge in [0, 0.05) is 18.8 Å². The summed E-state index contributed by atoms with van der Waals surface area (Å²) in [6.45, 7) is -2.24. The Morgan fingerprint density at radius 3 is 1.72 bits per heavy atom. The number of carboxylic acid groups (broad SMARTS) is 1. The van der Waals surface area contributed by atoms with E-state index < -0.39 is 185 Å². The minimum atomic E-state index is -1.94. The van der Waals surface area contributed by atoms with Crippen molar-refractivity contribution in [3.8, 4) is 0 Å². The van der Waals surface area contributed by atoms with Crippen molar-refractivity contribution in [1.29, 1.82) is 0 Å². The Balaban J connectivity index is 1.10. The molecule has 4 heterocycles. The molecule has 2 saturated carbocycles. The Morgan fingerprint density at radius 2 is 1.13 bits per heavy atom. The third kappa shape index (κ3) is 10.4. The molecular formula is C36H58O24. The van der Waals surface area contributed by atoms with Crippen molar-refractivity contribution in [2.45, 2.75) is 180 Å². The number of aliphatic carboxylic acids is 1. The van der Waals surface area contributed by atoms with E-state index in [1.54, 1.807) is 0 Å². The first kappa shape index (κ1) is 47.6. The van der Waals surface area contributed by atoms with Crippen LogP contribution in [0.15, 0.2) is 0 Å². The Bertz CT molecular complexity index is 1410. The molecule has 0 amide bonds. The van der Waals surface area contributed by atoms with Crippen LogP contribution in [-0.2, 0) is 47.5 Å². The zero-order valence-electron chi connectivity index (χ0n) is 32.3. The van der Waals surface area contributed by atoms with E-state index in [1.807, 2.05) is 0 Å². The number of esters is 1. The summed E-state index contributed by atoms with van der Waals surface area (Å²) >= 11 is 0. The first-order chi connectivity index (χ1) is 28.4. The molecule has 24 nitrogen and oxygen atoms in total. The van der Waals surface area contributed by atoms with Gasteiger partial charge in [-0.2, -0.15) is 0 Å². The number of fused-ring (bicyclic) bond motifs is 1. The van der Waals surface area contributed by atoms with E-state index in [0.717, 1.165) is 0 Å². The standard InChI is InChI=1S/C36H58O24/c37-8-19-24(45)27(48)29(50)34(57-19)56-17-2-1-11(3-15(17)40)32-16(41)6-13-14(39)4-12(5-18(13)55-32)54-36-31(52)33(26(47)21(59-36)10-53-23(44)7-22(42)43)60-35-30(51)28(49)25(46)20(9-38)58-35/h11-21,24-41,45-52H,1-10H2,(H,42,43)/t11?,12?,13?,14?,15?,16?,17?,18?,19-,20-,21-,24-,25-,26-,27+,28+,29-,30-,31-,32?,33+,34-,35+,36-/m1/s1. The molecule has 60 heavy (non-hydrogen) atoms. The second-order valence-electron chi connectivity index (χ2n) is 16.5. The lowest BCUT2D eigenvalue weighted by molar-refractivity contribution is -0.366. The van der Waals surface area contributed by atoms with Gasteiger partial charge in [-0.15, -0.1) is 0 Å². The predicted molar refractivity (Wildman–Crippen MR) is 187 cm³/mol. The third-order valence-electron chi connectivity index (χ3n) is 12.4. The van der Waals surface area contributed by atoms with Gasteiger partial charge in [-0.3, -0.25) is 9.59 Å². The maximum Gasteiger partial charge on any atom is 0.317 e. The van der Waals surface area contributed by atoms with Crippen LogP contribution in [0.3, 0.4) is 0 Å². The Morgan fingerprint density at radius 1 is 0.550 bits per heavy atom. The lowest BCUT2D eigenvalue weighted by Gasteiger charge is -2.50. The van der Waals surface area contributed by atoms with Gasteiger partial charge in [0.1, 0.15) is 86.3 Å². The quantitative estimate of drug-likeness (QED) is 0.0604. The smallest absolute Gasteiger partial charge is 0.317 e. The predicted octanol–water partition coefficient (Wildman–Crippen LogP) is -7.34. The highest BCUT2D eigenvalue weighted by molar-refractivity contribution is 5.90. The van der Waals surface area contributed by atoms with Crippen LogP contribution in [0.5, 0.6) is 0 Å². The molecule has 0 spiro atoms. The van der Waals surface area contributed by atoms with Gasteiger partial charge >= 0.3 is 11.9 Å². The van der Waals surface area contributed by atoms with Crippen molar-refractivity contribution in [3.63, 3.8) is 0 Å². The molecule has 2 aliphatic carbocycles. The number of carbonyl (C=O) groups is 2.